The molecule has 35 heavy (non-hydrogen) atoms. The molecular formula is C27H35N3O4S. The molecule has 0 atom stereocenters. The molecule has 0 N–H and O–H groups in total. The van der Waals surface area contributed by atoms with Gasteiger partial charge in [0.1, 0.15) is 0 Å². The van der Waals surface area contributed by atoms with Gasteiger partial charge >= 0.3 is 0 Å². The van der Waals surface area contributed by atoms with Crippen LogP contribution in [0.2, 0.25) is 0 Å². The molecule has 0 radical (unpaired) electrons. The molecule has 1 amide bonds. The standard InChI is InChI=1S/C27H35N3O4S/c1-21(2)16-26(31)29(14-15-34-4)19-25-17-28-27(30(25)18-23-11-6-5-7-12-23)35(32,33)20-24-13-9-8-10-22(24)3/h5-13,17,21H,14-16,18-20H2,1-4H3. The number of hydrogen-bond acceptors (Lipinski definition) is 5. The number of imidazole rings is 1. The van der Waals surface area contributed by atoms with Gasteiger partial charge in [-0.3, -0.25) is 4.79 Å². The second kappa shape index (κ2) is 12.1. The van der Waals surface area contributed by atoms with E-state index in [1.54, 1.807) is 22.8 Å². The summed E-state index contributed by atoms with van der Waals surface area (Å²) in [5.74, 6) is 0.0885. The minimum Gasteiger partial charge on any atom is -0.383 e. The highest BCUT2D eigenvalue weighted by atomic mass is 32.2. The molecule has 0 bridgehead atoms. The molecule has 0 aliphatic carbocycles. The number of amides is 1. The highest BCUT2D eigenvalue weighted by Gasteiger charge is 2.26. The predicted molar refractivity (Wildman–Crippen MR) is 137 cm³/mol. The van der Waals surface area contributed by atoms with Crippen LogP contribution in [0.5, 0.6) is 0 Å². The van der Waals surface area contributed by atoms with Crippen LogP contribution in [0.15, 0.2) is 66.0 Å². The van der Waals surface area contributed by atoms with Gasteiger partial charge in [0.15, 0.2) is 0 Å². The molecule has 0 aliphatic rings. The fourth-order valence-corrected chi connectivity index (χ4v) is 5.50. The SMILES string of the molecule is COCCN(Cc1cnc(S(=O)(=O)Cc2ccccc2C)n1Cc1ccccc1)C(=O)CC(C)C. The van der Waals surface area contributed by atoms with Crippen molar-refractivity contribution >= 4 is 15.7 Å². The summed E-state index contributed by atoms with van der Waals surface area (Å²) in [4.78, 5) is 19.0. The first-order valence-electron chi connectivity index (χ1n) is 11.8. The zero-order valence-corrected chi connectivity index (χ0v) is 21.8. The van der Waals surface area contributed by atoms with Crippen molar-refractivity contribution in [3.8, 4) is 0 Å². The van der Waals surface area contributed by atoms with E-state index < -0.39 is 9.84 Å². The number of carbonyl (C=O) groups is 1. The first kappa shape index (κ1) is 26.6. The topological polar surface area (TPSA) is 81.5 Å². The van der Waals surface area contributed by atoms with Crippen LogP contribution >= 0.6 is 0 Å². The number of aromatic nitrogens is 2. The maximum Gasteiger partial charge on any atom is 0.228 e. The number of carbonyl (C=O) groups excluding carboxylic acids is 1. The van der Waals surface area contributed by atoms with Crippen LogP contribution in [0.3, 0.4) is 0 Å². The van der Waals surface area contributed by atoms with Crippen LogP contribution in [-0.2, 0) is 38.2 Å². The lowest BCUT2D eigenvalue weighted by atomic mass is 10.1. The van der Waals surface area contributed by atoms with Crippen LogP contribution in [0, 0.1) is 12.8 Å². The number of sulfone groups is 1. The summed E-state index contributed by atoms with van der Waals surface area (Å²) in [5, 5.41) is 0.0163. The van der Waals surface area contributed by atoms with Gasteiger partial charge in [-0.1, -0.05) is 68.4 Å². The van der Waals surface area contributed by atoms with Gasteiger partial charge in [-0.05, 0) is 29.5 Å². The Kier molecular flexibility index (Phi) is 9.23. The number of nitrogens with zero attached hydrogens (tertiary/aromatic N) is 3. The molecule has 0 saturated heterocycles. The summed E-state index contributed by atoms with van der Waals surface area (Å²) in [6.45, 7) is 7.33. The van der Waals surface area contributed by atoms with E-state index in [1.807, 2.05) is 75.4 Å². The molecule has 0 fully saturated rings. The second-order valence-electron chi connectivity index (χ2n) is 9.20. The quantitative estimate of drug-likeness (QED) is 0.374. The molecule has 0 aliphatic heterocycles. The summed E-state index contributed by atoms with van der Waals surface area (Å²) in [7, 11) is -2.14. The van der Waals surface area contributed by atoms with E-state index in [2.05, 4.69) is 4.98 Å². The zero-order valence-electron chi connectivity index (χ0n) is 21.0. The molecule has 1 heterocycles. The highest BCUT2D eigenvalue weighted by molar-refractivity contribution is 7.90. The van der Waals surface area contributed by atoms with E-state index in [9.17, 15) is 13.2 Å². The van der Waals surface area contributed by atoms with Crippen molar-refractivity contribution < 1.29 is 17.9 Å². The number of rotatable bonds is 12. The van der Waals surface area contributed by atoms with Gasteiger partial charge in [0.2, 0.25) is 20.9 Å². The monoisotopic (exact) mass is 497 g/mol. The molecule has 8 heteroatoms. The van der Waals surface area contributed by atoms with Gasteiger partial charge in [-0.15, -0.1) is 0 Å². The van der Waals surface area contributed by atoms with Crippen LogP contribution in [0.25, 0.3) is 0 Å². The maximum absolute atomic E-state index is 13.5. The Balaban J connectivity index is 1.99. The minimum absolute atomic E-state index is 0.00817. The van der Waals surface area contributed by atoms with Crippen LogP contribution in [0.4, 0.5) is 0 Å². The van der Waals surface area contributed by atoms with Crippen LogP contribution in [0.1, 0.15) is 42.7 Å². The summed E-state index contributed by atoms with van der Waals surface area (Å²) in [5.41, 5.74) is 3.29. The second-order valence-corrected chi connectivity index (χ2v) is 11.1. The van der Waals surface area contributed by atoms with Crippen molar-refractivity contribution in [3.63, 3.8) is 0 Å². The third-order valence-corrected chi connectivity index (χ3v) is 7.40. The van der Waals surface area contributed by atoms with Crippen LogP contribution < -0.4 is 0 Å². The molecule has 0 saturated carbocycles. The fourth-order valence-electron chi connectivity index (χ4n) is 3.91. The summed E-state index contributed by atoms with van der Waals surface area (Å²) in [6, 6.07) is 17.1. The first-order chi connectivity index (χ1) is 16.7. The van der Waals surface area contributed by atoms with Crippen molar-refractivity contribution in [1.29, 1.82) is 0 Å². The number of ether oxygens (including phenoxy) is 1. The fraction of sp³-hybridized carbons (Fsp3) is 0.407. The van der Waals surface area contributed by atoms with Crippen LogP contribution in [-0.4, -0.2) is 49.0 Å². The molecule has 1 aromatic heterocycles. The Morgan fingerprint density at radius 3 is 2.43 bits per heavy atom. The lowest BCUT2D eigenvalue weighted by Crippen LogP contribution is -2.35. The number of aryl methyl sites for hydroxylation is 1. The van der Waals surface area contributed by atoms with Gasteiger partial charge in [-0.2, -0.15) is 0 Å². The number of benzene rings is 2. The predicted octanol–water partition coefficient (Wildman–Crippen LogP) is 4.23. The van der Waals surface area contributed by atoms with E-state index in [0.717, 1.165) is 16.7 Å². The molecule has 7 nitrogen and oxygen atoms in total. The number of hydrogen-bond donors (Lipinski definition) is 0. The van der Waals surface area contributed by atoms with E-state index in [-0.39, 0.29) is 29.3 Å². The lowest BCUT2D eigenvalue weighted by molar-refractivity contribution is -0.133. The molecular weight excluding hydrogens is 462 g/mol. The van der Waals surface area contributed by atoms with Crippen molar-refractivity contribution in [1.82, 2.24) is 14.5 Å². The summed E-state index contributed by atoms with van der Waals surface area (Å²) in [6.07, 6.45) is 1.99. The Bertz CT molecular complexity index is 1220. The maximum atomic E-state index is 13.5. The third kappa shape index (κ3) is 7.26. The smallest absolute Gasteiger partial charge is 0.228 e. The van der Waals surface area contributed by atoms with Crippen molar-refractivity contribution in [3.05, 3.63) is 83.2 Å². The molecule has 3 aromatic rings. The van der Waals surface area contributed by atoms with Gasteiger partial charge in [0, 0.05) is 20.1 Å². The van der Waals surface area contributed by atoms with E-state index in [1.165, 1.54) is 0 Å². The zero-order chi connectivity index (χ0) is 25.4. The minimum atomic E-state index is -3.73. The van der Waals surface area contributed by atoms with Crippen molar-refractivity contribution in [2.24, 2.45) is 5.92 Å². The Hall–Kier alpha value is -2.97. The Labute approximate surface area is 208 Å². The molecule has 188 valence electrons. The van der Waals surface area contributed by atoms with Gasteiger partial charge in [0.05, 0.1) is 37.3 Å². The van der Waals surface area contributed by atoms with Crippen molar-refractivity contribution in [2.45, 2.75) is 51.2 Å². The van der Waals surface area contributed by atoms with Gasteiger partial charge in [-0.25, -0.2) is 13.4 Å². The Morgan fingerprint density at radius 2 is 1.77 bits per heavy atom. The molecule has 3 rings (SSSR count). The highest BCUT2D eigenvalue weighted by Crippen LogP contribution is 2.22. The largest absolute Gasteiger partial charge is 0.383 e. The average molecular weight is 498 g/mol. The first-order valence-corrected chi connectivity index (χ1v) is 13.5. The number of methoxy groups -OCH3 is 1. The van der Waals surface area contributed by atoms with E-state index >= 15 is 0 Å². The lowest BCUT2D eigenvalue weighted by Gasteiger charge is -2.24. The molecule has 0 unspecified atom stereocenters. The molecule has 0 spiro atoms. The van der Waals surface area contributed by atoms with E-state index in [4.69, 9.17) is 4.74 Å². The average Bonchev–Trinajstić information content (AvgIpc) is 3.21. The third-order valence-electron chi connectivity index (χ3n) is 5.82. The Morgan fingerprint density at radius 1 is 1.09 bits per heavy atom. The summed E-state index contributed by atoms with van der Waals surface area (Å²) >= 11 is 0. The molecule has 2 aromatic carbocycles. The summed E-state index contributed by atoms with van der Waals surface area (Å²) < 4.78 is 34.0. The van der Waals surface area contributed by atoms with E-state index in [0.29, 0.717) is 31.8 Å². The van der Waals surface area contributed by atoms with Gasteiger partial charge in [0.25, 0.3) is 0 Å². The van der Waals surface area contributed by atoms with Gasteiger partial charge < -0.3 is 14.2 Å². The normalized spacial score (nSPS) is 11.7. The van der Waals surface area contributed by atoms with Crippen molar-refractivity contribution in [2.75, 3.05) is 20.3 Å².